The van der Waals surface area contributed by atoms with E-state index in [0.29, 0.717) is 12.5 Å². The molecule has 0 bridgehead atoms. The number of hydrogen-bond acceptors (Lipinski definition) is 5. The lowest BCUT2D eigenvalue weighted by Crippen LogP contribution is -2.08. The quantitative estimate of drug-likeness (QED) is 0.691. The lowest BCUT2D eigenvalue weighted by Gasteiger charge is -2.05. The molecule has 2 aromatic heterocycles. The Morgan fingerprint density at radius 2 is 2.12 bits per heavy atom. The van der Waals surface area contributed by atoms with Crippen molar-refractivity contribution < 1.29 is 4.42 Å². The molecule has 3 rings (SSSR count). The van der Waals surface area contributed by atoms with Gasteiger partial charge in [-0.1, -0.05) is 42.2 Å². The monoisotopic (exact) mass is 345 g/mol. The summed E-state index contributed by atoms with van der Waals surface area (Å²) in [5, 5.41) is 15.6. The van der Waals surface area contributed by atoms with E-state index in [9.17, 15) is 0 Å². The Balaban J connectivity index is 1.66. The number of nitrogens with one attached hydrogen (secondary N) is 1. The van der Waals surface area contributed by atoms with Crippen molar-refractivity contribution in [3.63, 3.8) is 0 Å². The van der Waals surface area contributed by atoms with E-state index >= 15 is 0 Å². The first-order chi connectivity index (χ1) is 11.7. The Labute approximate surface area is 145 Å². The molecule has 0 radical (unpaired) electrons. The van der Waals surface area contributed by atoms with E-state index in [1.165, 1.54) is 0 Å². The molecular weight excluding hydrogens is 326 g/mol. The topological polar surface area (TPSA) is 68.8 Å². The highest BCUT2D eigenvalue weighted by atomic mass is 35.5. The Kier molecular flexibility index (Phi) is 5.15. The minimum Gasteiger partial charge on any atom is -0.459 e. The summed E-state index contributed by atoms with van der Waals surface area (Å²) in [6.45, 7) is 5.44. The molecule has 0 aliphatic rings. The number of tetrazole rings is 1. The fourth-order valence-corrected chi connectivity index (χ4v) is 2.51. The van der Waals surface area contributed by atoms with E-state index in [1.54, 1.807) is 4.68 Å². The molecule has 0 fully saturated rings. The highest BCUT2D eigenvalue weighted by Crippen LogP contribution is 2.27. The average Bonchev–Trinajstić information content (AvgIpc) is 3.22. The molecule has 3 aromatic rings. The lowest BCUT2D eigenvalue weighted by atomic mass is 10.1. The maximum atomic E-state index is 6.18. The Morgan fingerprint density at radius 3 is 2.92 bits per heavy atom. The van der Waals surface area contributed by atoms with Crippen LogP contribution >= 0.6 is 11.6 Å². The predicted octanol–water partition coefficient (Wildman–Crippen LogP) is 4.31. The second kappa shape index (κ2) is 7.49. The van der Waals surface area contributed by atoms with Crippen molar-refractivity contribution in [2.75, 3.05) is 5.32 Å². The Bertz CT molecular complexity index is 811. The second-order valence-corrected chi connectivity index (χ2v) is 6.07. The van der Waals surface area contributed by atoms with Crippen LogP contribution in [0.5, 0.6) is 0 Å². The highest BCUT2D eigenvalue weighted by Gasteiger charge is 2.09. The molecule has 126 valence electrons. The number of rotatable bonds is 7. The summed E-state index contributed by atoms with van der Waals surface area (Å²) in [7, 11) is 0. The summed E-state index contributed by atoms with van der Waals surface area (Å²) in [6, 6.07) is 9.79. The van der Waals surface area contributed by atoms with E-state index in [-0.39, 0.29) is 0 Å². The van der Waals surface area contributed by atoms with Gasteiger partial charge in [0.25, 0.3) is 0 Å². The zero-order valence-corrected chi connectivity index (χ0v) is 14.5. The lowest BCUT2D eigenvalue weighted by molar-refractivity contribution is 0.526. The number of unbranched alkanes of at least 4 members (excludes halogenated alkanes) is 1. The van der Waals surface area contributed by atoms with E-state index < -0.39 is 0 Å². The van der Waals surface area contributed by atoms with Crippen molar-refractivity contribution >= 4 is 17.5 Å². The van der Waals surface area contributed by atoms with Gasteiger partial charge in [0.1, 0.15) is 11.5 Å². The van der Waals surface area contributed by atoms with Crippen LogP contribution < -0.4 is 5.32 Å². The van der Waals surface area contributed by atoms with Gasteiger partial charge < -0.3 is 9.73 Å². The van der Waals surface area contributed by atoms with Crippen LogP contribution in [0.1, 0.15) is 31.1 Å². The molecular formula is C17H20ClN5O. The summed E-state index contributed by atoms with van der Waals surface area (Å²) in [5.74, 6) is 2.26. The van der Waals surface area contributed by atoms with Crippen LogP contribution in [-0.4, -0.2) is 20.2 Å². The van der Waals surface area contributed by atoms with Gasteiger partial charge in [-0.05, 0) is 47.5 Å². The third kappa shape index (κ3) is 3.76. The van der Waals surface area contributed by atoms with Gasteiger partial charge in [-0.25, -0.2) is 4.68 Å². The van der Waals surface area contributed by atoms with Crippen LogP contribution in [0, 0.1) is 6.92 Å². The fraction of sp³-hybridized carbons (Fsp3) is 0.353. The van der Waals surface area contributed by atoms with E-state index in [1.807, 2.05) is 37.3 Å². The second-order valence-electron chi connectivity index (χ2n) is 5.66. The SMILES string of the molecule is CCCCn1nnnc1NCc1ccc(-c2ccc(C)c(Cl)c2)o1. The minimum atomic E-state index is 0.520. The van der Waals surface area contributed by atoms with Crippen LogP contribution in [0.3, 0.4) is 0 Å². The molecule has 0 saturated heterocycles. The number of furan rings is 1. The summed E-state index contributed by atoms with van der Waals surface area (Å²) in [6.07, 6.45) is 2.14. The summed E-state index contributed by atoms with van der Waals surface area (Å²) < 4.78 is 7.66. The van der Waals surface area contributed by atoms with Gasteiger partial charge in [0, 0.05) is 17.1 Å². The largest absolute Gasteiger partial charge is 0.459 e. The highest BCUT2D eigenvalue weighted by molar-refractivity contribution is 6.31. The number of halogens is 1. The number of nitrogens with zero attached hydrogens (tertiary/aromatic N) is 4. The molecule has 24 heavy (non-hydrogen) atoms. The van der Waals surface area contributed by atoms with Crippen molar-refractivity contribution in [3.8, 4) is 11.3 Å². The van der Waals surface area contributed by atoms with Gasteiger partial charge in [-0.3, -0.25) is 0 Å². The molecule has 2 heterocycles. The first-order valence-electron chi connectivity index (χ1n) is 8.02. The molecule has 0 saturated carbocycles. The molecule has 6 nitrogen and oxygen atoms in total. The van der Waals surface area contributed by atoms with Crippen molar-refractivity contribution in [2.24, 2.45) is 0 Å². The van der Waals surface area contributed by atoms with Crippen molar-refractivity contribution in [3.05, 3.63) is 46.7 Å². The van der Waals surface area contributed by atoms with Gasteiger partial charge in [0.15, 0.2) is 0 Å². The van der Waals surface area contributed by atoms with Gasteiger partial charge >= 0.3 is 0 Å². The first-order valence-corrected chi connectivity index (χ1v) is 8.40. The van der Waals surface area contributed by atoms with Gasteiger partial charge in [0.2, 0.25) is 5.95 Å². The zero-order valence-electron chi connectivity index (χ0n) is 13.8. The Hall–Kier alpha value is -2.34. The van der Waals surface area contributed by atoms with Crippen LogP contribution in [-0.2, 0) is 13.1 Å². The van der Waals surface area contributed by atoms with Crippen molar-refractivity contribution in [2.45, 2.75) is 39.8 Å². The maximum Gasteiger partial charge on any atom is 0.243 e. The molecule has 0 aliphatic heterocycles. The van der Waals surface area contributed by atoms with Crippen molar-refractivity contribution in [1.29, 1.82) is 0 Å². The van der Waals surface area contributed by atoms with Gasteiger partial charge in [-0.15, -0.1) is 0 Å². The third-order valence-corrected chi connectivity index (χ3v) is 4.20. The summed E-state index contributed by atoms with van der Waals surface area (Å²) >= 11 is 6.18. The Morgan fingerprint density at radius 1 is 1.25 bits per heavy atom. The minimum absolute atomic E-state index is 0.520. The average molecular weight is 346 g/mol. The third-order valence-electron chi connectivity index (χ3n) is 3.79. The normalized spacial score (nSPS) is 11.0. The number of aryl methyl sites for hydroxylation is 2. The molecule has 0 spiro atoms. The molecule has 0 atom stereocenters. The van der Waals surface area contributed by atoms with E-state index in [2.05, 4.69) is 27.8 Å². The molecule has 7 heteroatoms. The molecule has 1 aromatic carbocycles. The zero-order chi connectivity index (χ0) is 16.9. The fourth-order valence-electron chi connectivity index (χ4n) is 2.33. The van der Waals surface area contributed by atoms with Crippen LogP contribution in [0.4, 0.5) is 5.95 Å². The first kappa shape index (κ1) is 16.5. The number of anilines is 1. The standard InChI is InChI=1S/C17H20ClN5O/c1-3-4-9-23-17(20-21-22-23)19-11-14-7-8-16(24-14)13-6-5-12(2)15(18)10-13/h5-8,10H,3-4,9,11H2,1-2H3,(H,19,20,22). The summed E-state index contributed by atoms with van der Waals surface area (Å²) in [5.41, 5.74) is 2.01. The summed E-state index contributed by atoms with van der Waals surface area (Å²) in [4.78, 5) is 0. The maximum absolute atomic E-state index is 6.18. The number of benzene rings is 1. The van der Waals surface area contributed by atoms with E-state index in [4.69, 9.17) is 16.0 Å². The van der Waals surface area contributed by atoms with Gasteiger partial charge in [-0.2, -0.15) is 0 Å². The van der Waals surface area contributed by atoms with Gasteiger partial charge in [0.05, 0.1) is 6.54 Å². The number of hydrogen-bond donors (Lipinski definition) is 1. The predicted molar refractivity (Wildman–Crippen MR) is 93.9 cm³/mol. The molecule has 1 N–H and O–H groups in total. The van der Waals surface area contributed by atoms with Crippen LogP contribution in [0.15, 0.2) is 34.7 Å². The number of aromatic nitrogens is 4. The smallest absolute Gasteiger partial charge is 0.243 e. The van der Waals surface area contributed by atoms with Crippen LogP contribution in [0.25, 0.3) is 11.3 Å². The molecule has 0 amide bonds. The van der Waals surface area contributed by atoms with Crippen molar-refractivity contribution in [1.82, 2.24) is 20.2 Å². The van der Waals surface area contributed by atoms with E-state index in [0.717, 1.165) is 47.1 Å². The molecule has 0 aliphatic carbocycles. The molecule has 0 unspecified atom stereocenters. The van der Waals surface area contributed by atoms with Crippen LogP contribution in [0.2, 0.25) is 5.02 Å².